The first-order valence-electron chi connectivity index (χ1n) is 9.51. The number of amides is 1. The van der Waals surface area contributed by atoms with E-state index in [0.717, 1.165) is 35.1 Å². The molecule has 0 bridgehead atoms. The fraction of sp³-hybridized carbons (Fsp3) is 0.286. The molecule has 0 aliphatic carbocycles. The Balaban J connectivity index is 1.72. The van der Waals surface area contributed by atoms with Gasteiger partial charge < -0.3 is 14.8 Å². The number of rotatable bonds is 9. The number of halogens is 3. The standard InChI is InChI=1S/C21H21F3N4O3S/c1-14-5-3-4-6-17(14)28-13-25-27-20(28)32-12-19(29)26-16-11-15(21(22,23)24)7-8-18(16)31-10-9-30-2/h3-8,11,13H,9-10,12H2,1-2H3,(H,26,29). The average Bonchev–Trinajstić information content (AvgIpc) is 3.21. The second-order valence-corrected chi connectivity index (χ2v) is 7.60. The monoisotopic (exact) mass is 466 g/mol. The molecule has 0 atom stereocenters. The highest BCUT2D eigenvalue weighted by atomic mass is 32.2. The lowest BCUT2D eigenvalue weighted by Gasteiger charge is -2.15. The topological polar surface area (TPSA) is 78.3 Å². The third kappa shape index (κ3) is 6.01. The quantitative estimate of drug-likeness (QED) is 0.373. The van der Waals surface area contributed by atoms with E-state index >= 15 is 0 Å². The van der Waals surface area contributed by atoms with Crippen LogP contribution in [0.25, 0.3) is 5.69 Å². The average molecular weight is 466 g/mol. The minimum Gasteiger partial charge on any atom is -0.489 e. The Morgan fingerprint density at radius 1 is 1.19 bits per heavy atom. The summed E-state index contributed by atoms with van der Waals surface area (Å²) in [6, 6.07) is 10.5. The van der Waals surface area contributed by atoms with E-state index in [-0.39, 0.29) is 30.4 Å². The number of carbonyl (C=O) groups excluding carboxylic acids is 1. The Morgan fingerprint density at radius 2 is 1.97 bits per heavy atom. The molecule has 0 saturated carbocycles. The van der Waals surface area contributed by atoms with E-state index in [4.69, 9.17) is 9.47 Å². The molecule has 1 heterocycles. The van der Waals surface area contributed by atoms with Crippen LogP contribution in [-0.2, 0) is 15.7 Å². The largest absolute Gasteiger partial charge is 0.489 e. The molecular weight excluding hydrogens is 445 g/mol. The Morgan fingerprint density at radius 3 is 2.69 bits per heavy atom. The summed E-state index contributed by atoms with van der Waals surface area (Å²) >= 11 is 1.12. The molecular formula is C21H21F3N4O3S. The van der Waals surface area contributed by atoms with E-state index < -0.39 is 17.6 Å². The number of carbonyl (C=O) groups is 1. The van der Waals surface area contributed by atoms with E-state index in [2.05, 4.69) is 15.5 Å². The highest BCUT2D eigenvalue weighted by molar-refractivity contribution is 7.99. The van der Waals surface area contributed by atoms with Gasteiger partial charge in [0.05, 0.1) is 29.3 Å². The van der Waals surface area contributed by atoms with Crippen LogP contribution < -0.4 is 10.1 Å². The van der Waals surface area contributed by atoms with Gasteiger partial charge in [-0.1, -0.05) is 30.0 Å². The number of aryl methyl sites for hydroxylation is 1. The smallest absolute Gasteiger partial charge is 0.416 e. The highest BCUT2D eigenvalue weighted by Crippen LogP contribution is 2.35. The summed E-state index contributed by atoms with van der Waals surface area (Å²) < 4.78 is 51.4. The maximum atomic E-state index is 13.1. The van der Waals surface area contributed by atoms with Crippen molar-refractivity contribution < 1.29 is 27.4 Å². The molecule has 0 unspecified atom stereocenters. The van der Waals surface area contributed by atoms with Crippen LogP contribution in [0.3, 0.4) is 0 Å². The van der Waals surface area contributed by atoms with Crippen LogP contribution in [0.5, 0.6) is 5.75 Å². The van der Waals surface area contributed by atoms with Gasteiger partial charge in [0, 0.05) is 7.11 Å². The molecule has 3 aromatic rings. The molecule has 0 radical (unpaired) electrons. The van der Waals surface area contributed by atoms with Gasteiger partial charge in [0.15, 0.2) is 5.16 Å². The molecule has 3 rings (SSSR count). The van der Waals surface area contributed by atoms with Gasteiger partial charge >= 0.3 is 6.18 Å². The molecule has 0 fully saturated rings. The minimum absolute atomic E-state index is 0.0677. The van der Waals surface area contributed by atoms with Crippen LogP contribution in [0.1, 0.15) is 11.1 Å². The lowest BCUT2D eigenvalue weighted by atomic mass is 10.1. The van der Waals surface area contributed by atoms with Crippen LogP contribution >= 0.6 is 11.8 Å². The summed E-state index contributed by atoms with van der Waals surface area (Å²) in [4.78, 5) is 12.5. The first-order valence-corrected chi connectivity index (χ1v) is 10.5. The van der Waals surface area contributed by atoms with Crippen molar-refractivity contribution in [1.82, 2.24) is 14.8 Å². The summed E-state index contributed by atoms with van der Waals surface area (Å²) in [5.74, 6) is -0.472. The van der Waals surface area contributed by atoms with Crippen molar-refractivity contribution in [2.24, 2.45) is 0 Å². The van der Waals surface area contributed by atoms with E-state index in [9.17, 15) is 18.0 Å². The van der Waals surface area contributed by atoms with Gasteiger partial charge in [0.25, 0.3) is 0 Å². The molecule has 170 valence electrons. The lowest BCUT2D eigenvalue weighted by molar-refractivity contribution is -0.137. The fourth-order valence-corrected chi connectivity index (χ4v) is 3.52. The second-order valence-electron chi connectivity index (χ2n) is 6.66. The zero-order chi connectivity index (χ0) is 23.1. The number of ether oxygens (including phenoxy) is 2. The summed E-state index contributed by atoms with van der Waals surface area (Å²) in [7, 11) is 1.48. The van der Waals surface area contributed by atoms with Gasteiger partial charge in [-0.25, -0.2) is 0 Å². The van der Waals surface area contributed by atoms with Crippen LogP contribution in [0.2, 0.25) is 0 Å². The van der Waals surface area contributed by atoms with Gasteiger partial charge in [-0.2, -0.15) is 13.2 Å². The second kappa shape index (κ2) is 10.5. The van der Waals surface area contributed by atoms with Gasteiger partial charge in [0.2, 0.25) is 5.91 Å². The van der Waals surface area contributed by atoms with Crippen LogP contribution in [-0.4, -0.2) is 46.7 Å². The maximum absolute atomic E-state index is 13.1. The minimum atomic E-state index is -4.55. The number of nitrogens with zero attached hydrogens (tertiary/aromatic N) is 3. The number of benzene rings is 2. The molecule has 0 spiro atoms. The summed E-state index contributed by atoms with van der Waals surface area (Å²) in [6.07, 6.45) is -3.01. The molecule has 1 aromatic heterocycles. The molecule has 1 N–H and O–H groups in total. The van der Waals surface area contributed by atoms with Crippen LogP contribution in [0, 0.1) is 6.92 Å². The van der Waals surface area contributed by atoms with Crippen molar-refractivity contribution >= 4 is 23.4 Å². The molecule has 2 aromatic carbocycles. The first kappa shape index (κ1) is 23.6. The van der Waals surface area contributed by atoms with Crippen molar-refractivity contribution in [3.05, 3.63) is 59.9 Å². The molecule has 0 aliphatic rings. The predicted molar refractivity (Wildman–Crippen MR) is 114 cm³/mol. The first-order chi connectivity index (χ1) is 15.3. The number of hydrogen-bond donors (Lipinski definition) is 1. The zero-order valence-electron chi connectivity index (χ0n) is 17.3. The number of alkyl halides is 3. The lowest BCUT2D eigenvalue weighted by Crippen LogP contribution is -2.17. The maximum Gasteiger partial charge on any atom is 0.416 e. The number of thioether (sulfide) groups is 1. The molecule has 0 aliphatic heterocycles. The summed E-state index contributed by atoms with van der Waals surface area (Å²) in [5.41, 5.74) is 0.910. The van der Waals surface area contributed by atoms with Crippen molar-refractivity contribution in [2.75, 3.05) is 31.4 Å². The van der Waals surface area contributed by atoms with Gasteiger partial charge in [0.1, 0.15) is 18.7 Å². The van der Waals surface area contributed by atoms with E-state index in [1.54, 1.807) is 4.57 Å². The molecule has 0 saturated heterocycles. The van der Waals surface area contributed by atoms with Crippen molar-refractivity contribution in [2.45, 2.75) is 18.3 Å². The number of para-hydroxylation sites is 1. The van der Waals surface area contributed by atoms with Crippen molar-refractivity contribution in [1.29, 1.82) is 0 Å². The Kier molecular flexibility index (Phi) is 7.75. The van der Waals surface area contributed by atoms with E-state index in [0.29, 0.717) is 5.16 Å². The Labute approximate surface area is 186 Å². The van der Waals surface area contributed by atoms with E-state index in [1.165, 1.54) is 19.5 Å². The third-order valence-electron chi connectivity index (χ3n) is 4.35. The molecule has 32 heavy (non-hydrogen) atoms. The SMILES string of the molecule is COCCOc1ccc(C(F)(F)F)cc1NC(=O)CSc1nncn1-c1ccccc1C. The summed E-state index contributed by atoms with van der Waals surface area (Å²) in [5, 5.41) is 10.9. The normalized spacial score (nSPS) is 11.4. The fourth-order valence-electron chi connectivity index (χ4n) is 2.80. The van der Waals surface area contributed by atoms with Gasteiger partial charge in [-0.05, 0) is 36.8 Å². The number of methoxy groups -OCH3 is 1. The molecule has 1 amide bonds. The van der Waals surface area contributed by atoms with Crippen LogP contribution in [0.4, 0.5) is 18.9 Å². The van der Waals surface area contributed by atoms with Gasteiger partial charge in [-0.3, -0.25) is 9.36 Å². The zero-order valence-corrected chi connectivity index (χ0v) is 18.2. The third-order valence-corrected chi connectivity index (χ3v) is 5.29. The summed E-state index contributed by atoms with van der Waals surface area (Å²) in [6.45, 7) is 2.31. The number of aromatic nitrogens is 3. The molecule has 11 heteroatoms. The Hall–Kier alpha value is -3.05. The van der Waals surface area contributed by atoms with E-state index in [1.807, 2.05) is 31.2 Å². The van der Waals surface area contributed by atoms with Crippen molar-refractivity contribution in [3.63, 3.8) is 0 Å². The highest BCUT2D eigenvalue weighted by Gasteiger charge is 2.31. The number of anilines is 1. The van der Waals surface area contributed by atoms with Crippen LogP contribution in [0.15, 0.2) is 53.9 Å². The van der Waals surface area contributed by atoms with Crippen molar-refractivity contribution in [3.8, 4) is 11.4 Å². The number of nitrogens with one attached hydrogen (secondary N) is 1. The van der Waals surface area contributed by atoms with Gasteiger partial charge in [-0.15, -0.1) is 10.2 Å². The number of hydrogen-bond acceptors (Lipinski definition) is 6. The predicted octanol–water partition coefficient (Wildman–Crippen LogP) is 4.35. The molecule has 7 nitrogen and oxygen atoms in total. The Bertz CT molecular complexity index is 1070.